The highest BCUT2D eigenvalue weighted by molar-refractivity contribution is 5.79. The van der Waals surface area contributed by atoms with Gasteiger partial charge in [-0.1, -0.05) is 107 Å². The molecule has 1 atom stereocenters. The normalized spacial score (nSPS) is 13.1. The van der Waals surface area contributed by atoms with E-state index < -0.39 is 12.0 Å². The Kier molecular flexibility index (Phi) is 10.5. The van der Waals surface area contributed by atoms with Crippen LogP contribution in [-0.2, 0) is 14.3 Å². The number of nitrogens with one attached hydrogen (secondary N) is 1. The average Bonchev–Trinajstić information content (AvgIpc) is 3.18. The van der Waals surface area contributed by atoms with Crippen LogP contribution in [0.25, 0.3) is 11.1 Å². The molecule has 0 saturated heterocycles. The van der Waals surface area contributed by atoms with Crippen LogP contribution < -0.4 is 5.32 Å². The first-order valence-electron chi connectivity index (χ1n) is 12.9. The minimum absolute atomic E-state index is 0.0205. The molecule has 0 bridgehead atoms. The smallest absolute Gasteiger partial charge is 0.407 e. The Labute approximate surface area is 204 Å². The Hall–Kier alpha value is -2.82. The highest BCUT2D eigenvalue weighted by atomic mass is 16.5. The van der Waals surface area contributed by atoms with Crippen LogP contribution in [0.4, 0.5) is 4.79 Å². The average molecular weight is 466 g/mol. The van der Waals surface area contributed by atoms with Gasteiger partial charge in [0.05, 0.1) is 12.5 Å². The van der Waals surface area contributed by atoms with Gasteiger partial charge in [-0.3, -0.25) is 4.79 Å². The molecular weight excluding hydrogens is 426 g/mol. The monoisotopic (exact) mass is 465 g/mol. The molecule has 3 rings (SSSR count). The van der Waals surface area contributed by atoms with Crippen molar-refractivity contribution in [1.29, 1.82) is 0 Å². The Morgan fingerprint density at radius 2 is 1.38 bits per heavy atom. The number of amides is 1. The summed E-state index contributed by atoms with van der Waals surface area (Å²) in [4.78, 5) is 24.5. The largest absolute Gasteiger partial charge is 0.465 e. The van der Waals surface area contributed by atoms with Gasteiger partial charge in [-0.2, -0.15) is 0 Å². The molecule has 34 heavy (non-hydrogen) atoms. The lowest BCUT2D eigenvalue weighted by atomic mass is 9.98. The molecule has 1 aliphatic carbocycles. The zero-order valence-corrected chi connectivity index (χ0v) is 20.7. The first-order valence-corrected chi connectivity index (χ1v) is 12.9. The lowest BCUT2D eigenvalue weighted by molar-refractivity contribution is -0.147. The van der Waals surface area contributed by atoms with E-state index in [1.165, 1.54) is 60.8 Å². The number of benzene rings is 2. The van der Waals surface area contributed by atoms with Crippen molar-refractivity contribution in [3.05, 3.63) is 59.7 Å². The van der Waals surface area contributed by atoms with Gasteiger partial charge in [0.25, 0.3) is 0 Å². The van der Waals surface area contributed by atoms with Crippen LogP contribution in [-0.4, -0.2) is 31.8 Å². The molecule has 2 aromatic carbocycles. The molecule has 1 aliphatic rings. The first-order chi connectivity index (χ1) is 16.6. The molecule has 1 N–H and O–H groups in total. The van der Waals surface area contributed by atoms with Crippen molar-refractivity contribution < 1.29 is 19.1 Å². The van der Waals surface area contributed by atoms with Crippen LogP contribution in [0.1, 0.15) is 82.3 Å². The van der Waals surface area contributed by atoms with Gasteiger partial charge in [0, 0.05) is 12.5 Å². The summed E-state index contributed by atoms with van der Waals surface area (Å²) in [5.74, 6) is -0.663. The lowest BCUT2D eigenvalue weighted by Crippen LogP contribution is -2.33. The van der Waals surface area contributed by atoms with Gasteiger partial charge in [-0.15, -0.1) is 0 Å². The summed E-state index contributed by atoms with van der Waals surface area (Å²) in [7, 11) is 0. The fraction of sp³-hybridized carbons (Fsp3) is 0.517. The molecule has 0 heterocycles. The number of alkyl carbamates (subject to hydrolysis) is 1. The highest BCUT2D eigenvalue weighted by Gasteiger charge is 2.29. The van der Waals surface area contributed by atoms with Crippen molar-refractivity contribution in [2.45, 2.75) is 71.1 Å². The maximum Gasteiger partial charge on any atom is 0.407 e. The molecule has 0 fully saturated rings. The first kappa shape index (κ1) is 25.8. The van der Waals surface area contributed by atoms with Crippen LogP contribution in [0, 0.1) is 5.92 Å². The van der Waals surface area contributed by atoms with Gasteiger partial charge >= 0.3 is 12.1 Å². The zero-order chi connectivity index (χ0) is 24.2. The fourth-order valence-electron chi connectivity index (χ4n) is 4.52. The molecule has 2 aromatic rings. The molecule has 5 heteroatoms. The number of esters is 1. The van der Waals surface area contributed by atoms with Crippen LogP contribution in [0.2, 0.25) is 0 Å². The van der Waals surface area contributed by atoms with E-state index in [1.54, 1.807) is 6.92 Å². The maximum atomic E-state index is 12.3. The lowest BCUT2D eigenvalue weighted by Gasteiger charge is -2.16. The molecule has 5 nitrogen and oxygen atoms in total. The van der Waals surface area contributed by atoms with Crippen LogP contribution in [0.15, 0.2) is 48.5 Å². The fourth-order valence-corrected chi connectivity index (χ4v) is 4.52. The number of carbonyl (C=O) groups excluding carboxylic acids is 2. The predicted molar refractivity (Wildman–Crippen MR) is 136 cm³/mol. The summed E-state index contributed by atoms with van der Waals surface area (Å²) in [6.45, 7) is 4.90. The van der Waals surface area contributed by atoms with Gasteiger partial charge < -0.3 is 14.8 Å². The number of hydrogen-bond donors (Lipinski definition) is 1. The molecule has 0 aromatic heterocycles. The predicted octanol–water partition coefficient (Wildman–Crippen LogP) is 6.85. The molecule has 0 aliphatic heterocycles. The van der Waals surface area contributed by atoms with Gasteiger partial charge in [0.15, 0.2) is 0 Å². The quantitative estimate of drug-likeness (QED) is 0.245. The summed E-state index contributed by atoms with van der Waals surface area (Å²) < 4.78 is 10.9. The number of fused-ring (bicyclic) bond motifs is 3. The van der Waals surface area contributed by atoms with E-state index in [0.717, 1.165) is 12.8 Å². The van der Waals surface area contributed by atoms with Crippen LogP contribution >= 0.6 is 0 Å². The molecule has 184 valence electrons. The SMILES string of the molecule is CCCCCCCCCCOC(=O)[C@@H](C)CNC(=O)OCC1c2ccccc2-c2ccccc21. The second kappa shape index (κ2) is 13.8. The van der Waals surface area contributed by atoms with E-state index in [1.807, 2.05) is 24.3 Å². The van der Waals surface area contributed by atoms with Crippen LogP contribution in [0.3, 0.4) is 0 Å². The van der Waals surface area contributed by atoms with Crippen LogP contribution in [0.5, 0.6) is 0 Å². The Bertz CT molecular complexity index is 880. The Morgan fingerprint density at radius 3 is 2.00 bits per heavy atom. The maximum absolute atomic E-state index is 12.3. The summed E-state index contributed by atoms with van der Waals surface area (Å²) in [5.41, 5.74) is 4.74. The van der Waals surface area contributed by atoms with Crippen molar-refractivity contribution in [2.24, 2.45) is 5.92 Å². The summed E-state index contributed by atoms with van der Waals surface area (Å²) in [5, 5.41) is 2.71. The van der Waals surface area contributed by atoms with E-state index in [4.69, 9.17) is 9.47 Å². The van der Waals surface area contributed by atoms with E-state index in [0.29, 0.717) is 6.61 Å². The molecular formula is C29H39NO4. The highest BCUT2D eigenvalue weighted by Crippen LogP contribution is 2.44. The number of unbranched alkanes of at least 4 members (excludes halogenated alkanes) is 7. The number of carbonyl (C=O) groups is 2. The van der Waals surface area contributed by atoms with Gasteiger partial charge in [0.1, 0.15) is 6.61 Å². The third kappa shape index (κ3) is 7.34. The zero-order valence-electron chi connectivity index (χ0n) is 20.7. The Balaban J connectivity index is 1.32. The minimum atomic E-state index is -0.510. The van der Waals surface area contributed by atoms with Crippen molar-refractivity contribution in [2.75, 3.05) is 19.8 Å². The molecule has 0 saturated carbocycles. The van der Waals surface area contributed by atoms with Crippen molar-refractivity contribution in [1.82, 2.24) is 5.32 Å². The third-order valence-electron chi connectivity index (χ3n) is 6.54. The second-order valence-corrected chi connectivity index (χ2v) is 9.25. The van der Waals surface area contributed by atoms with Gasteiger partial charge in [-0.05, 0) is 28.7 Å². The third-order valence-corrected chi connectivity index (χ3v) is 6.54. The summed E-state index contributed by atoms with van der Waals surface area (Å²) >= 11 is 0. The summed E-state index contributed by atoms with van der Waals surface area (Å²) in [6, 6.07) is 16.5. The topological polar surface area (TPSA) is 64.6 Å². The van der Waals surface area contributed by atoms with Crippen molar-refractivity contribution in [3.8, 4) is 11.1 Å². The van der Waals surface area contributed by atoms with Gasteiger partial charge in [-0.25, -0.2) is 4.79 Å². The second-order valence-electron chi connectivity index (χ2n) is 9.25. The molecule has 0 radical (unpaired) electrons. The van der Waals surface area contributed by atoms with E-state index >= 15 is 0 Å². The van der Waals surface area contributed by atoms with Crippen molar-refractivity contribution >= 4 is 12.1 Å². The summed E-state index contributed by atoms with van der Waals surface area (Å²) in [6.07, 6.45) is 9.13. The number of rotatable bonds is 14. The van der Waals surface area contributed by atoms with E-state index in [9.17, 15) is 9.59 Å². The minimum Gasteiger partial charge on any atom is -0.465 e. The molecule has 0 unspecified atom stereocenters. The van der Waals surface area contributed by atoms with Gasteiger partial charge in [0.2, 0.25) is 0 Å². The molecule has 0 spiro atoms. The van der Waals surface area contributed by atoms with E-state index in [-0.39, 0.29) is 25.0 Å². The van der Waals surface area contributed by atoms with E-state index in [2.05, 4.69) is 36.5 Å². The number of ether oxygens (including phenoxy) is 2. The number of hydrogen-bond acceptors (Lipinski definition) is 4. The van der Waals surface area contributed by atoms with Crippen molar-refractivity contribution in [3.63, 3.8) is 0 Å². The molecule has 1 amide bonds. The Morgan fingerprint density at radius 1 is 0.824 bits per heavy atom. The standard InChI is InChI=1S/C29H39NO4/c1-3-4-5-6-7-8-9-14-19-33-28(31)22(2)20-30-29(32)34-21-27-25-17-12-10-15-23(25)24-16-11-13-18-26(24)27/h10-13,15-18,22,27H,3-9,14,19-21H2,1-2H3,(H,30,32)/t22-/m0/s1.